The minimum Gasteiger partial charge on any atom is -0.460 e. The topological polar surface area (TPSA) is 93.1 Å². The number of rotatable bonds is 7. The Bertz CT molecular complexity index is 1100. The molecule has 1 N–H and O–H groups in total. The molecule has 0 aromatic heterocycles. The third-order valence-electron chi connectivity index (χ3n) is 6.72. The Hall–Kier alpha value is -2.04. The van der Waals surface area contributed by atoms with E-state index in [9.17, 15) is 18.3 Å². The first-order chi connectivity index (χ1) is 15.7. The normalized spacial score (nSPS) is 22.0. The molecule has 0 radical (unpaired) electrons. The Labute approximate surface area is 203 Å². The van der Waals surface area contributed by atoms with Crippen molar-refractivity contribution in [3.05, 3.63) is 65.7 Å². The van der Waals surface area contributed by atoms with Crippen LogP contribution in [0.15, 0.2) is 59.5 Å². The Morgan fingerprint density at radius 3 is 2.24 bits per heavy atom. The lowest BCUT2D eigenvalue weighted by Gasteiger charge is -2.39. The van der Waals surface area contributed by atoms with Gasteiger partial charge in [0, 0.05) is 6.54 Å². The first-order valence-electron chi connectivity index (χ1n) is 11.4. The smallest absolute Gasteiger partial charge is 0.327 e. The summed E-state index contributed by atoms with van der Waals surface area (Å²) in [4.78, 5) is 13.2. The van der Waals surface area contributed by atoms with Crippen LogP contribution in [0.4, 0.5) is 0 Å². The fraction of sp³-hybridized carbons (Fsp3) is 0.480. The highest BCUT2D eigenvalue weighted by atomic mass is 32.2. The molecule has 3 rings (SSSR count). The van der Waals surface area contributed by atoms with E-state index < -0.39 is 42.6 Å². The number of ether oxygens (including phenoxy) is 1. The van der Waals surface area contributed by atoms with Crippen molar-refractivity contribution in [2.24, 2.45) is 0 Å². The van der Waals surface area contributed by atoms with E-state index in [4.69, 9.17) is 9.16 Å². The summed E-state index contributed by atoms with van der Waals surface area (Å²) in [6, 6.07) is 14.1. The number of carbonyl (C=O) groups excluding carboxylic acids is 1. The van der Waals surface area contributed by atoms with Crippen LogP contribution in [0.25, 0.3) is 0 Å². The van der Waals surface area contributed by atoms with Gasteiger partial charge in [-0.15, -0.1) is 0 Å². The van der Waals surface area contributed by atoms with Gasteiger partial charge in [0.2, 0.25) is 10.0 Å². The number of hydrogen-bond donors (Lipinski definition) is 1. The molecule has 1 aliphatic rings. The Morgan fingerprint density at radius 2 is 1.68 bits per heavy atom. The third kappa shape index (κ3) is 5.60. The van der Waals surface area contributed by atoms with Crippen molar-refractivity contribution in [3.8, 4) is 0 Å². The molecular weight excluding hydrogens is 470 g/mol. The highest BCUT2D eigenvalue weighted by Crippen LogP contribution is 2.40. The van der Waals surface area contributed by atoms with Crippen LogP contribution in [-0.2, 0) is 30.6 Å². The lowest BCUT2D eigenvalue weighted by Crippen LogP contribution is -2.49. The number of aryl methyl sites for hydroxylation is 1. The van der Waals surface area contributed by atoms with E-state index in [1.807, 2.05) is 50.3 Å². The van der Waals surface area contributed by atoms with Crippen molar-refractivity contribution >= 4 is 24.3 Å². The maximum Gasteiger partial charge on any atom is 0.327 e. The zero-order chi connectivity index (χ0) is 25.3. The predicted octanol–water partition coefficient (Wildman–Crippen LogP) is 3.86. The maximum atomic E-state index is 13.6. The van der Waals surface area contributed by atoms with E-state index in [-0.39, 0.29) is 23.1 Å². The molecule has 0 saturated carbocycles. The SMILES string of the molecule is Cc1ccc(S(=O)(=O)N2C[C@@H](O[Si](C)(C)C(C)(C)C)[C@H](O)[C@H]2C(=O)OCc2ccccc2)cc1. The Balaban J connectivity index is 1.92. The summed E-state index contributed by atoms with van der Waals surface area (Å²) in [5, 5.41) is 11.0. The van der Waals surface area contributed by atoms with Crippen molar-refractivity contribution in [3.63, 3.8) is 0 Å². The second-order valence-electron chi connectivity index (χ2n) is 10.3. The average molecular weight is 506 g/mol. The first kappa shape index (κ1) is 26.6. The zero-order valence-electron chi connectivity index (χ0n) is 20.7. The summed E-state index contributed by atoms with van der Waals surface area (Å²) in [6.45, 7) is 12.0. The van der Waals surface area contributed by atoms with Crippen molar-refractivity contribution in [2.75, 3.05) is 6.54 Å². The summed E-state index contributed by atoms with van der Waals surface area (Å²) in [7, 11) is -6.44. The van der Waals surface area contributed by atoms with Gasteiger partial charge in [-0.05, 0) is 42.8 Å². The highest BCUT2D eigenvalue weighted by molar-refractivity contribution is 7.89. The van der Waals surface area contributed by atoms with Gasteiger partial charge in [0.05, 0.1) is 11.0 Å². The van der Waals surface area contributed by atoms with E-state index in [2.05, 4.69) is 20.8 Å². The van der Waals surface area contributed by atoms with Crippen LogP contribution < -0.4 is 0 Å². The molecule has 3 atom stereocenters. The van der Waals surface area contributed by atoms with Crippen LogP contribution in [0.5, 0.6) is 0 Å². The molecule has 1 saturated heterocycles. The van der Waals surface area contributed by atoms with Gasteiger partial charge in [-0.25, -0.2) is 8.42 Å². The monoisotopic (exact) mass is 505 g/mol. The number of aliphatic hydroxyl groups excluding tert-OH is 1. The van der Waals surface area contributed by atoms with Gasteiger partial charge >= 0.3 is 5.97 Å². The van der Waals surface area contributed by atoms with Crippen molar-refractivity contribution < 1.29 is 27.5 Å². The lowest BCUT2D eigenvalue weighted by atomic mass is 10.1. The molecule has 0 unspecified atom stereocenters. The maximum absolute atomic E-state index is 13.6. The van der Waals surface area contributed by atoms with Gasteiger partial charge in [0.15, 0.2) is 14.4 Å². The fourth-order valence-corrected chi connectivity index (χ4v) is 6.53. The molecule has 0 spiro atoms. The van der Waals surface area contributed by atoms with Crippen LogP contribution >= 0.6 is 0 Å². The number of aliphatic hydroxyl groups is 1. The van der Waals surface area contributed by atoms with E-state index in [0.717, 1.165) is 15.4 Å². The predicted molar refractivity (Wildman–Crippen MR) is 133 cm³/mol. The van der Waals surface area contributed by atoms with Crippen molar-refractivity contribution in [1.82, 2.24) is 4.31 Å². The molecule has 9 heteroatoms. The molecule has 0 amide bonds. The molecule has 1 fully saturated rings. The Morgan fingerprint density at radius 1 is 1.09 bits per heavy atom. The molecule has 2 aromatic rings. The number of hydrogen-bond acceptors (Lipinski definition) is 6. The minimum atomic E-state index is -4.08. The molecule has 34 heavy (non-hydrogen) atoms. The minimum absolute atomic E-state index is 0.0188. The standard InChI is InChI=1S/C25H35NO6SSi/c1-18-12-14-20(15-13-18)33(29,30)26-16-21(32-34(5,6)25(2,3)4)23(27)22(26)24(28)31-17-19-10-8-7-9-11-19/h7-15,21-23,27H,16-17H2,1-6H3/t21-,22+,23+/m1/s1. The number of esters is 1. The summed E-state index contributed by atoms with van der Waals surface area (Å²) >= 11 is 0. The number of nitrogens with zero attached hydrogens (tertiary/aromatic N) is 1. The van der Waals surface area contributed by atoms with E-state index in [1.54, 1.807) is 12.1 Å². The number of carbonyl (C=O) groups is 1. The second-order valence-corrected chi connectivity index (χ2v) is 17.0. The summed E-state index contributed by atoms with van der Waals surface area (Å²) in [6.07, 6.45) is -2.19. The van der Waals surface area contributed by atoms with Gasteiger partial charge < -0.3 is 14.3 Å². The fourth-order valence-electron chi connectivity index (χ4n) is 3.60. The molecule has 186 valence electrons. The third-order valence-corrected chi connectivity index (χ3v) is 13.1. The van der Waals surface area contributed by atoms with Gasteiger partial charge in [0.1, 0.15) is 12.7 Å². The van der Waals surface area contributed by atoms with Crippen molar-refractivity contribution in [1.29, 1.82) is 0 Å². The second kappa shape index (κ2) is 9.91. The molecule has 1 aliphatic heterocycles. The van der Waals surface area contributed by atoms with Gasteiger partial charge in [-0.2, -0.15) is 4.31 Å². The quantitative estimate of drug-likeness (QED) is 0.454. The van der Waals surface area contributed by atoms with Crippen LogP contribution in [0, 0.1) is 6.92 Å². The summed E-state index contributed by atoms with van der Waals surface area (Å²) in [5.74, 6) is -0.798. The Kier molecular flexibility index (Phi) is 7.74. The average Bonchev–Trinajstić information content (AvgIpc) is 3.08. The zero-order valence-corrected chi connectivity index (χ0v) is 22.5. The number of benzene rings is 2. The van der Waals surface area contributed by atoms with Crippen LogP contribution in [0.2, 0.25) is 18.1 Å². The summed E-state index contributed by atoms with van der Waals surface area (Å²) < 4.78 is 40.0. The molecule has 0 aliphatic carbocycles. The van der Waals surface area contributed by atoms with Gasteiger partial charge in [-0.1, -0.05) is 68.8 Å². The van der Waals surface area contributed by atoms with E-state index >= 15 is 0 Å². The van der Waals surface area contributed by atoms with Gasteiger partial charge in [0.25, 0.3) is 0 Å². The van der Waals surface area contributed by atoms with Gasteiger partial charge in [-0.3, -0.25) is 4.79 Å². The number of sulfonamides is 1. The highest BCUT2D eigenvalue weighted by Gasteiger charge is 2.54. The van der Waals surface area contributed by atoms with Crippen molar-refractivity contribution in [2.45, 2.75) is 75.6 Å². The van der Waals surface area contributed by atoms with E-state index in [1.165, 1.54) is 12.1 Å². The molecule has 0 bridgehead atoms. The van der Waals surface area contributed by atoms with Crippen LogP contribution in [-0.4, -0.2) is 56.9 Å². The first-order valence-corrected chi connectivity index (χ1v) is 15.7. The van der Waals surface area contributed by atoms with E-state index in [0.29, 0.717) is 0 Å². The molecule has 7 nitrogen and oxygen atoms in total. The summed E-state index contributed by atoms with van der Waals surface area (Å²) in [5.41, 5.74) is 1.68. The largest absolute Gasteiger partial charge is 0.460 e. The molecule has 1 heterocycles. The lowest BCUT2D eigenvalue weighted by molar-refractivity contribution is -0.152. The molecular formula is C25H35NO6SSi. The van der Waals surface area contributed by atoms with Crippen LogP contribution in [0.3, 0.4) is 0 Å². The van der Waals surface area contributed by atoms with Crippen LogP contribution in [0.1, 0.15) is 31.9 Å². The molecule has 2 aromatic carbocycles.